The molecule has 0 spiro atoms. The monoisotopic (exact) mass is 327 g/mol. The molecule has 1 aliphatic heterocycles. The fraction of sp³-hybridized carbons (Fsp3) is 0.467. The SMILES string of the molecule is Cc1ccc(NC(=O)CN(C)C(=O)[C@H]2CNCCO2)cc1.Cl. The van der Waals surface area contributed by atoms with Crippen LogP contribution < -0.4 is 10.6 Å². The second-order valence-corrected chi connectivity index (χ2v) is 5.17. The average Bonchev–Trinajstić information content (AvgIpc) is 2.49. The number of carbonyl (C=O) groups is 2. The lowest BCUT2D eigenvalue weighted by molar-refractivity contribution is -0.145. The number of amides is 2. The first-order chi connectivity index (χ1) is 10.1. The summed E-state index contributed by atoms with van der Waals surface area (Å²) in [5.41, 5.74) is 1.85. The van der Waals surface area contributed by atoms with Crippen LogP contribution in [0.4, 0.5) is 5.69 Å². The molecule has 1 saturated heterocycles. The molecule has 22 heavy (non-hydrogen) atoms. The van der Waals surface area contributed by atoms with Gasteiger partial charge in [-0.2, -0.15) is 0 Å². The molecule has 0 unspecified atom stereocenters. The average molecular weight is 328 g/mol. The number of likely N-dealkylation sites (N-methyl/N-ethyl adjacent to an activating group) is 1. The summed E-state index contributed by atoms with van der Waals surface area (Å²) in [6.45, 7) is 3.74. The molecule has 0 radical (unpaired) electrons. The van der Waals surface area contributed by atoms with E-state index in [1.165, 1.54) is 4.90 Å². The first-order valence-corrected chi connectivity index (χ1v) is 7.00. The van der Waals surface area contributed by atoms with Crippen molar-refractivity contribution in [1.82, 2.24) is 10.2 Å². The Hall–Kier alpha value is -1.63. The molecule has 0 aromatic heterocycles. The number of ether oxygens (including phenoxy) is 1. The molecule has 1 heterocycles. The van der Waals surface area contributed by atoms with Crippen LogP contribution in [0.1, 0.15) is 5.56 Å². The van der Waals surface area contributed by atoms with E-state index in [1.807, 2.05) is 31.2 Å². The number of rotatable bonds is 4. The molecule has 2 amide bonds. The molecule has 1 fully saturated rings. The van der Waals surface area contributed by atoms with Gasteiger partial charge in [-0.3, -0.25) is 9.59 Å². The predicted molar refractivity (Wildman–Crippen MR) is 87.3 cm³/mol. The lowest BCUT2D eigenvalue weighted by atomic mass is 10.2. The van der Waals surface area contributed by atoms with E-state index in [-0.39, 0.29) is 30.8 Å². The smallest absolute Gasteiger partial charge is 0.253 e. The normalized spacial score (nSPS) is 17.3. The first kappa shape index (κ1) is 18.4. The van der Waals surface area contributed by atoms with Gasteiger partial charge in [-0.1, -0.05) is 17.7 Å². The molecule has 0 bridgehead atoms. The highest BCUT2D eigenvalue weighted by Gasteiger charge is 2.25. The van der Waals surface area contributed by atoms with Gasteiger partial charge in [0.1, 0.15) is 6.10 Å². The molecule has 7 heteroatoms. The zero-order valence-corrected chi connectivity index (χ0v) is 13.6. The van der Waals surface area contributed by atoms with E-state index in [0.717, 1.165) is 17.8 Å². The zero-order valence-electron chi connectivity index (χ0n) is 12.8. The van der Waals surface area contributed by atoms with Crippen LogP contribution in [0.3, 0.4) is 0 Å². The molecule has 2 N–H and O–H groups in total. The Morgan fingerprint density at radius 2 is 2.05 bits per heavy atom. The number of carbonyl (C=O) groups excluding carboxylic acids is 2. The number of halogens is 1. The minimum absolute atomic E-state index is 0. The Bertz CT molecular complexity index is 501. The summed E-state index contributed by atoms with van der Waals surface area (Å²) >= 11 is 0. The lowest BCUT2D eigenvalue weighted by Gasteiger charge is -2.26. The molecule has 1 atom stereocenters. The minimum atomic E-state index is -0.504. The maximum Gasteiger partial charge on any atom is 0.253 e. The van der Waals surface area contributed by atoms with Crippen LogP contribution in [-0.2, 0) is 14.3 Å². The Morgan fingerprint density at radius 1 is 1.36 bits per heavy atom. The molecule has 0 saturated carbocycles. The molecule has 1 aliphatic rings. The van der Waals surface area contributed by atoms with Gasteiger partial charge in [0.2, 0.25) is 5.91 Å². The van der Waals surface area contributed by atoms with Gasteiger partial charge >= 0.3 is 0 Å². The van der Waals surface area contributed by atoms with Crippen molar-refractivity contribution in [2.75, 3.05) is 38.6 Å². The van der Waals surface area contributed by atoms with Crippen molar-refractivity contribution in [2.45, 2.75) is 13.0 Å². The van der Waals surface area contributed by atoms with Crippen LogP contribution in [0.15, 0.2) is 24.3 Å². The highest BCUT2D eigenvalue weighted by atomic mass is 35.5. The van der Waals surface area contributed by atoms with Gasteiger partial charge in [0.25, 0.3) is 5.91 Å². The fourth-order valence-electron chi connectivity index (χ4n) is 2.10. The first-order valence-electron chi connectivity index (χ1n) is 7.00. The summed E-state index contributed by atoms with van der Waals surface area (Å²) in [4.78, 5) is 25.4. The van der Waals surface area contributed by atoms with E-state index in [4.69, 9.17) is 4.74 Å². The predicted octanol–water partition coefficient (Wildman–Crippen LogP) is 0.802. The highest BCUT2D eigenvalue weighted by molar-refractivity contribution is 5.95. The Labute approximate surface area is 136 Å². The van der Waals surface area contributed by atoms with E-state index >= 15 is 0 Å². The van der Waals surface area contributed by atoms with Crippen LogP contribution in [0.5, 0.6) is 0 Å². The van der Waals surface area contributed by atoms with Gasteiger partial charge in [-0.15, -0.1) is 12.4 Å². The summed E-state index contributed by atoms with van der Waals surface area (Å²) < 4.78 is 5.39. The Morgan fingerprint density at radius 3 is 2.64 bits per heavy atom. The summed E-state index contributed by atoms with van der Waals surface area (Å²) in [6.07, 6.45) is -0.504. The fourth-order valence-corrected chi connectivity index (χ4v) is 2.10. The summed E-state index contributed by atoms with van der Waals surface area (Å²) in [5, 5.41) is 5.86. The molecule has 0 aliphatic carbocycles. The molecule has 122 valence electrons. The molecule has 2 rings (SSSR count). The van der Waals surface area contributed by atoms with Crippen LogP contribution in [0.2, 0.25) is 0 Å². The number of morpholine rings is 1. The van der Waals surface area contributed by atoms with Gasteiger partial charge in [0, 0.05) is 25.8 Å². The number of aryl methyl sites for hydroxylation is 1. The molecule has 6 nitrogen and oxygen atoms in total. The van der Waals surface area contributed by atoms with E-state index < -0.39 is 6.10 Å². The molecule has 1 aromatic carbocycles. The molecule has 1 aromatic rings. The maximum atomic E-state index is 12.1. The molecular formula is C15H22ClN3O3. The van der Waals surface area contributed by atoms with Crippen molar-refractivity contribution in [3.63, 3.8) is 0 Å². The summed E-state index contributed by atoms with van der Waals surface area (Å²) in [7, 11) is 1.61. The summed E-state index contributed by atoms with van der Waals surface area (Å²) in [6, 6.07) is 7.52. The van der Waals surface area contributed by atoms with Crippen molar-refractivity contribution >= 4 is 29.9 Å². The van der Waals surface area contributed by atoms with Crippen LogP contribution >= 0.6 is 12.4 Å². The second kappa shape index (κ2) is 8.73. The van der Waals surface area contributed by atoms with Crippen molar-refractivity contribution in [3.05, 3.63) is 29.8 Å². The van der Waals surface area contributed by atoms with Crippen molar-refractivity contribution < 1.29 is 14.3 Å². The Kier molecular flexibility index (Phi) is 7.31. The van der Waals surface area contributed by atoms with Gasteiger partial charge in [0.15, 0.2) is 0 Å². The van der Waals surface area contributed by atoms with Crippen molar-refractivity contribution in [3.8, 4) is 0 Å². The number of hydrogen-bond donors (Lipinski definition) is 2. The summed E-state index contributed by atoms with van der Waals surface area (Å²) in [5.74, 6) is -0.403. The van der Waals surface area contributed by atoms with Gasteiger partial charge in [-0.05, 0) is 19.1 Å². The number of nitrogens with one attached hydrogen (secondary N) is 2. The van der Waals surface area contributed by atoms with Crippen LogP contribution in [0, 0.1) is 6.92 Å². The number of hydrogen-bond acceptors (Lipinski definition) is 4. The third kappa shape index (κ3) is 5.29. The topological polar surface area (TPSA) is 70.7 Å². The maximum absolute atomic E-state index is 12.1. The van der Waals surface area contributed by atoms with Crippen LogP contribution in [0.25, 0.3) is 0 Å². The third-order valence-corrected chi connectivity index (χ3v) is 3.30. The quantitative estimate of drug-likeness (QED) is 0.858. The van der Waals surface area contributed by atoms with Gasteiger partial charge in [-0.25, -0.2) is 0 Å². The number of nitrogens with zero attached hydrogens (tertiary/aromatic N) is 1. The van der Waals surface area contributed by atoms with E-state index in [9.17, 15) is 9.59 Å². The minimum Gasteiger partial charge on any atom is -0.366 e. The van der Waals surface area contributed by atoms with Crippen molar-refractivity contribution in [2.24, 2.45) is 0 Å². The third-order valence-electron chi connectivity index (χ3n) is 3.30. The number of benzene rings is 1. The molecular weight excluding hydrogens is 306 g/mol. The standard InChI is InChI=1S/C15H21N3O3.ClH/c1-11-3-5-12(6-4-11)17-14(19)10-18(2)15(20)13-9-16-7-8-21-13;/h3-6,13,16H,7-10H2,1-2H3,(H,17,19);1H/t13-;/m1./s1. The lowest BCUT2D eigenvalue weighted by Crippen LogP contribution is -2.49. The Balaban J connectivity index is 0.00000242. The zero-order chi connectivity index (χ0) is 15.2. The van der Waals surface area contributed by atoms with E-state index in [1.54, 1.807) is 7.05 Å². The largest absolute Gasteiger partial charge is 0.366 e. The van der Waals surface area contributed by atoms with Crippen LogP contribution in [-0.4, -0.2) is 56.1 Å². The highest BCUT2D eigenvalue weighted by Crippen LogP contribution is 2.08. The van der Waals surface area contributed by atoms with Gasteiger partial charge < -0.3 is 20.3 Å². The van der Waals surface area contributed by atoms with E-state index in [0.29, 0.717) is 13.2 Å². The second-order valence-electron chi connectivity index (χ2n) is 5.17. The van der Waals surface area contributed by atoms with Crippen molar-refractivity contribution in [1.29, 1.82) is 0 Å². The van der Waals surface area contributed by atoms with Gasteiger partial charge in [0.05, 0.1) is 13.2 Å². The number of anilines is 1. The van der Waals surface area contributed by atoms with E-state index in [2.05, 4.69) is 10.6 Å².